The van der Waals surface area contributed by atoms with Gasteiger partial charge in [0, 0.05) is 6.54 Å². The highest BCUT2D eigenvalue weighted by atomic mass is 16.2. The van der Waals surface area contributed by atoms with Crippen molar-refractivity contribution in [2.45, 2.75) is 39.2 Å². The van der Waals surface area contributed by atoms with Crippen molar-refractivity contribution in [3.63, 3.8) is 0 Å². The van der Waals surface area contributed by atoms with Gasteiger partial charge in [0.2, 0.25) is 5.91 Å². The molecule has 2 rings (SSSR count). The summed E-state index contributed by atoms with van der Waals surface area (Å²) in [6.07, 6.45) is 4.22. The van der Waals surface area contributed by atoms with Crippen LogP contribution in [0, 0.1) is 5.92 Å². The van der Waals surface area contributed by atoms with Crippen molar-refractivity contribution in [1.29, 1.82) is 0 Å². The van der Waals surface area contributed by atoms with Crippen molar-refractivity contribution < 1.29 is 4.79 Å². The molecule has 4 heteroatoms. The van der Waals surface area contributed by atoms with Gasteiger partial charge in [-0.3, -0.25) is 15.1 Å². The molecule has 1 aliphatic rings. The van der Waals surface area contributed by atoms with Crippen LogP contribution in [0.4, 0.5) is 0 Å². The number of nitrogens with two attached hydrogens (primary N) is 1. The van der Waals surface area contributed by atoms with Crippen LogP contribution >= 0.6 is 0 Å². The first-order valence-corrected chi connectivity index (χ1v) is 7.47. The zero-order chi connectivity index (χ0) is 14.4. The van der Waals surface area contributed by atoms with Gasteiger partial charge in [-0.25, -0.2) is 5.84 Å². The van der Waals surface area contributed by atoms with E-state index >= 15 is 0 Å². The predicted octanol–water partition coefficient (Wildman–Crippen LogP) is 1.84. The number of likely N-dealkylation sites (tertiary alicyclic amines) is 1. The quantitative estimate of drug-likeness (QED) is 0.501. The van der Waals surface area contributed by atoms with Crippen LogP contribution in [0.2, 0.25) is 0 Å². The summed E-state index contributed by atoms with van der Waals surface area (Å²) in [5.41, 5.74) is 4.53. The van der Waals surface area contributed by atoms with Crippen molar-refractivity contribution in [2.75, 3.05) is 13.1 Å². The van der Waals surface area contributed by atoms with Crippen LogP contribution in [-0.4, -0.2) is 23.9 Å². The summed E-state index contributed by atoms with van der Waals surface area (Å²) in [5.74, 6) is 5.87. The van der Waals surface area contributed by atoms with Gasteiger partial charge in [0.1, 0.15) is 0 Å². The Hall–Kier alpha value is -1.39. The van der Waals surface area contributed by atoms with E-state index in [1.807, 2.05) is 18.2 Å². The number of nitrogens with zero attached hydrogens (tertiary/aromatic N) is 1. The minimum absolute atomic E-state index is 0.137. The fourth-order valence-electron chi connectivity index (χ4n) is 2.83. The van der Waals surface area contributed by atoms with E-state index < -0.39 is 0 Å². The van der Waals surface area contributed by atoms with Gasteiger partial charge < -0.3 is 0 Å². The minimum atomic E-state index is -0.137. The number of hydrazine groups is 1. The summed E-state index contributed by atoms with van der Waals surface area (Å²) in [6, 6.07) is 8.16. The lowest BCUT2D eigenvalue weighted by molar-refractivity contribution is -0.120. The van der Waals surface area contributed by atoms with Crippen molar-refractivity contribution in [1.82, 2.24) is 10.3 Å². The molecule has 0 spiro atoms. The Bertz CT molecular complexity index is 447. The Morgan fingerprint density at radius 2 is 2.05 bits per heavy atom. The van der Waals surface area contributed by atoms with Gasteiger partial charge in [0.05, 0.1) is 6.42 Å². The number of amides is 1. The van der Waals surface area contributed by atoms with E-state index in [4.69, 9.17) is 5.84 Å². The van der Waals surface area contributed by atoms with Crippen LogP contribution in [0.1, 0.15) is 37.3 Å². The standard InChI is InChI=1S/C16H25N3O/c1-13-5-4-9-19(10-8-13)12-15-7-3-2-6-14(15)11-16(20)18-17/h2-3,6-7,13H,4-5,8-12,17H2,1H3,(H,18,20). The molecule has 0 aromatic heterocycles. The van der Waals surface area contributed by atoms with Gasteiger partial charge in [-0.15, -0.1) is 0 Å². The number of carbonyl (C=O) groups is 1. The van der Waals surface area contributed by atoms with Gasteiger partial charge in [0.15, 0.2) is 0 Å². The Morgan fingerprint density at radius 3 is 2.80 bits per heavy atom. The fourth-order valence-corrected chi connectivity index (χ4v) is 2.83. The summed E-state index contributed by atoms with van der Waals surface area (Å²) in [5, 5.41) is 0. The molecule has 0 saturated carbocycles. The topological polar surface area (TPSA) is 58.4 Å². The van der Waals surface area contributed by atoms with Crippen LogP contribution in [-0.2, 0) is 17.8 Å². The highest BCUT2D eigenvalue weighted by molar-refractivity contribution is 5.78. The molecule has 4 nitrogen and oxygen atoms in total. The fraction of sp³-hybridized carbons (Fsp3) is 0.562. The van der Waals surface area contributed by atoms with Crippen LogP contribution < -0.4 is 11.3 Å². The van der Waals surface area contributed by atoms with E-state index in [2.05, 4.69) is 23.3 Å². The Balaban J connectivity index is 2.02. The lowest BCUT2D eigenvalue weighted by Crippen LogP contribution is -2.32. The van der Waals surface area contributed by atoms with Crippen LogP contribution in [0.3, 0.4) is 0 Å². The lowest BCUT2D eigenvalue weighted by atomic mass is 10.0. The molecular weight excluding hydrogens is 250 g/mol. The monoisotopic (exact) mass is 275 g/mol. The molecule has 3 N–H and O–H groups in total. The largest absolute Gasteiger partial charge is 0.299 e. The third kappa shape index (κ3) is 4.32. The minimum Gasteiger partial charge on any atom is -0.299 e. The number of rotatable bonds is 4. The number of hydrogen-bond acceptors (Lipinski definition) is 3. The highest BCUT2D eigenvalue weighted by Gasteiger charge is 2.15. The van der Waals surface area contributed by atoms with E-state index in [0.717, 1.165) is 31.1 Å². The van der Waals surface area contributed by atoms with Gasteiger partial charge in [0.25, 0.3) is 0 Å². The Kier molecular flexibility index (Phi) is 5.56. The van der Waals surface area contributed by atoms with Crippen molar-refractivity contribution in [2.24, 2.45) is 11.8 Å². The normalized spacial score (nSPS) is 20.4. The predicted molar refractivity (Wildman–Crippen MR) is 80.8 cm³/mol. The highest BCUT2D eigenvalue weighted by Crippen LogP contribution is 2.19. The first-order valence-electron chi connectivity index (χ1n) is 7.47. The lowest BCUT2D eigenvalue weighted by Gasteiger charge is -2.21. The molecule has 1 aromatic carbocycles. The molecule has 1 saturated heterocycles. The molecule has 110 valence electrons. The van der Waals surface area contributed by atoms with Crippen LogP contribution in [0.25, 0.3) is 0 Å². The summed E-state index contributed by atoms with van der Waals surface area (Å²) >= 11 is 0. The maximum Gasteiger partial charge on any atom is 0.238 e. The summed E-state index contributed by atoms with van der Waals surface area (Å²) in [6.45, 7) is 5.57. The number of benzene rings is 1. The zero-order valence-electron chi connectivity index (χ0n) is 12.3. The molecule has 1 aliphatic heterocycles. The van der Waals surface area contributed by atoms with E-state index in [0.29, 0.717) is 6.42 Å². The second-order valence-corrected chi connectivity index (χ2v) is 5.83. The molecule has 0 radical (unpaired) electrons. The molecule has 1 atom stereocenters. The first kappa shape index (κ1) is 15.0. The van der Waals surface area contributed by atoms with Crippen LogP contribution in [0.15, 0.2) is 24.3 Å². The first-order chi connectivity index (χ1) is 9.69. The van der Waals surface area contributed by atoms with Gasteiger partial charge in [-0.05, 0) is 49.4 Å². The third-order valence-electron chi connectivity index (χ3n) is 4.13. The SMILES string of the molecule is CC1CCCN(Cc2ccccc2CC(=O)NN)CC1. The molecule has 0 aliphatic carbocycles. The number of carbonyl (C=O) groups excluding carboxylic acids is 1. The number of hydrogen-bond donors (Lipinski definition) is 2. The second-order valence-electron chi connectivity index (χ2n) is 5.83. The van der Waals surface area contributed by atoms with Gasteiger partial charge >= 0.3 is 0 Å². The molecule has 20 heavy (non-hydrogen) atoms. The molecule has 1 amide bonds. The summed E-state index contributed by atoms with van der Waals surface area (Å²) in [4.78, 5) is 14.0. The van der Waals surface area contributed by atoms with E-state index in [1.54, 1.807) is 0 Å². The number of nitrogens with one attached hydrogen (secondary N) is 1. The molecule has 1 heterocycles. The van der Waals surface area contributed by atoms with Crippen molar-refractivity contribution in [3.8, 4) is 0 Å². The Labute approximate surface area is 121 Å². The average Bonchev–Trinajstić information content (AvgIpc) is 2.66. The molecular formula is C16H25N3O. The van der Waals surface area contributed by atoms with Gasteiger partial charge in [-0.2, -0.15) is 0 Å². The molecule has 1 unspecified atom stereocenters. The maximum atomic E-state index is 11.5. The smallest absolute Gasteiger partial charge is 0.238 e. The Morgan fingerprint density at radius 1 is 1.30 bits per heavy atom. The van der Waals surface area contributed by atoms with Crippen LogP contribution in [0.5, 0.6) is 0 Å². The average molecular weight is 275 g/mol. The van der Waals surface area contributed by atoms with Crippen molar-refractivity contribution in [3.05, 3.63) is 35.4 Å². The maximum absolute atomic E-state index is 11.5. The van der Waals surface area contributed by atoms with Gasteiger partial charge in [-0.1, -0.05) is 31.2 Å². The van der Waals surface area contributed by atoms with Crippen molar-refractivity contribution >= 4 is 5.91 Å². The zero-order valence-corrected chi connectivity index (χ0v) is 12.3. The molecule has 1 aromatic rings. The van der Waals surface area contributed by atoms with E-state index in [9.17, 15) is 4.79 Å². The third-order valence-corrected chi connectivity index (χ3v) is 4.13. The summed E-state index contributed by atoms with van der Waals surface area (Å²) < 4.78 is 0. The van der Waals surface area contributed by atoms with E-state index in [1.165, 1.54) is 24.8 Å². The second kappa shape index (κ2) is 7.41. The molecule has 1 fully saturated rings. The summed E-state index contributed by atoms with van der Waals surface area (Å²) in [7, 11) is 0. The van der Waals surface area contributed by atoms with E-state index in [-0.39, 0.29) is 5.91 Å². The molecule has 0 bridgehead atoms.